The lowest BCUT2D eigenvalue weighted by Gasteiger charge is -2.30. The van der Waals surface area contributed by atoms with E-state index in [4.69, 9.17) is 0 Å². The molecule has 0 aliphatic carbocycles. The lowest BCUT2D eigenvalue weighted by molar-refractivity contribution is 0.133. The van der Waals surface area contributed by atoms with Crippen LogP contribution in [0.1, 0.15) is 32.6 Å². The second-order valence-electron chi connectivity index (χ2n) is 5.45. The number of thiophene rings is 1. The molecule has 0 saturated carbocycles. The molecule has 0 bridgehead atoms. The molecule has 2 aromatic heterocycles. The van der Waals surface area contributed by atoms with Crippen LogP contribution in [-0.2, 0) is 6.42 Å². The number of aliphatic hydroxyl groups excluding tert-OH is 1. The van der Waals surface area contributed by atoms with E-state index in [2.05, 4.69) is 33.6 Å². The molecule has 2 rings (SSSR count). The number of aryl methyl sites for hydroxylation is 1. The molecule has 2 heterocycles. The van der Waals surface area contributed by atoms with Crippen molar-refractivity contribution in [3.8, 4) is 0 Å². The van der Waals surface area contributed by atoms with Crippen molar-refractivity contribution in [2.24, 2.45) is 0 Å². The van der Waals surface area contributed by atoms with Crippen LogP contribution in [0.2, 0.25) is 0 Å². The Morgan fingerprint density at radius 2 is 2.10 bits per heavy atom. The minimum atomic E-state index is -0.491. The maximum absolute atomic E-state index is 9.87. The van der Waals surface area contributed by atoms with Crippen LogP contribution < -0.4 is 10.6 Å². The zero-order valence-corrected chi connectivity index (χ0v) is 13.4. The normalized spacial score (nSPS) is 13.5. The van der Waals surface area contributed by atoms with Crippen LogP contribution >= 0.6 is 11.3 Å². The van der Waals surface area contributed by atoms with Crippen molar-refractivity contribution in [3.63, 3.8) is 0 Å². The summed E-state index contributed by atoms with van der Waals surface area (Å²) in [7, 11) is 1.80. The van der Waals surface area contributed by atoms with Crippen LogP contribution in [0.4, 0.5) is 11.8 Å². The average Bonchev–Trinajstić information content (AvgIpc) is 2.81. The number of aromatic nitrogens is 2. The summed E-state index contributed by atoms with van der Waals surface area (Å²) in [5.41, 5.74) is -0.458. The van der Waals surface area contributed by atoms with Gasteiger partial charge in [0.1, 0.15) is 10.6 Å². The Morgan fingerprint density at radius 1 is 1.40 bits per heavy atom. The van der Waals surface area contributed by atoms with Crippen LogP contribution in [0, 0.1) is 0 Å². The fourth-order valence-electron chi connectivity index (χ4n) is 1.76. The summed E-state index contributed by atoms with van der Waals surface area (Å²) in [5, 5.41) is 17.2. The molecular formula is C14H22N4OS. The van der Waals surface area contributed by atoms with Crippen LogP contribution in [0.3, 0.4) is 0 Å². The van der Waals surface area contributed by atoms with E-state index in [9.17, 15) is 5.11 Å². The topological polar surface area (TPSA) is 70.1 Å². The predicted molar refractivity (Wildman–Crippen MR) is 85.7 cm³/mol. The number of anilines is 2. The minimum absolute atomic E-state index is 0.458. The molecule has 5 nitrogen and oxygen atoms in total. The van der Waals surface area contributed by atoms with Gasteiger partial charge in [-0.3, -0.25) is 0 Å². The second kappa shape index (κ2) is 5.54. The summed E-state index contributed by atoms with van der Waals surface area (Å²) >= 11 is 1.68. The third-order valence-corrected chi connectivity index (χ3v) is 4.67. The summed E-state index contributed by atoms with van der Waals surface area (Å²) in [4.78, 5) is 11.2. The van der Waals surface area contributed by atoms with Gasteiger partial charge in [-0.05, 0) is 33.3 Å². The van der Waals surface area contributed by atoms with Gasteiger partial charge >= 0.3 is 0 Å². The van der Waals surface area contributed by atoms with Crippen molar-refractivity contribution in [1.82, 2.24) is 9.97 Å². The lowest BCUT2D eigenvalue weighted by Crippen LogP contribution is -2.42. The summed E-state index contributed by atoms with van der Waals surface area (Å²) in [5.74, 6) is 1.35. The summed E-state index contributed by atoms with van der Waals surface area (Å²) in [6.45, 7) is 7.81. The van der Waals surface area contributed by atoms with Gasteiger partial charge in [0.25, 0.3) is 0 Å². The highest BCUT2D eigenvalue weighted by molar-refractivity contribution is 7.18. The van der Waals surface area contributed by atoms with Crippen LogP contribution in [0.5, 0.6) is 0 Å². The Morgan fingerprint density at radius 3 is 2.65 bits per heavy atom. The second-order valence-corrected chi connectivity index (χ2v) is 6.57. The standard InChI is InChI=1S/C14H22N4OS/c1-6-9-7-10-11(18-14(3,4)8(2)19)16-13(15-5)17-12(10)20-9/h7-8,19H,6H2,1-5H3,(H2,15,16,17,18). The van der Waals surface area contributed by atoms with Gasteiger partial charge in [-0.2, -0.15) is 4.98 Å². The third kappa shape index (κ3) is 2.86. The number of rotatable bonds is 5. The SMILES string of the molecule is CCc1cc2c(NC(C)(C)C(C)O)nc(NC)nc2s1. The third-order valence-electron chi connectivity index (χ3n) is 3.50. The maximum Gasteiger partial charge on any atom is 0.225 e. The van der Waals surface area contributed by atoms with Gasteiger partial charge in [-0.25, -0.2) is 4.98 Å². The summed E-state index contributed by atoms with van der Waals surface area (Å²) in [6.07, 6.45) is 0.490. The maximum atomic E-state index is 9.87. The van der Waals surface area contributed by atoms with E-state index >= 15 is 0 Å². The fourth-order valence-corrected chi connectivity index (χ4v) is 2.73. The molecule has 0 spiro atoms. The molecule has 0 aliphatic heterocycles. The average molecular weight is 294 g/mol. The Hall–Kier alpha value is -1.40. The predicted octanol–water partition coefficient (Wildman–Crippen LogP) is 2.87. The van der Waals surface area contributed by atoms with E-state index < -0.39 is 11.6 Å². The van der Waals surface area contributed by atoms with E-state index in [0.717, 1.165) is 22.5 Å². The number of hydrogen-bond donors (Lipinski definition) is 3. The largest absolute Gasteiger partial charge is 0.391 e. The molecule has 0 saturated heterocycles. The molecule has 0 fully saturated rings. The van der Waals surface area contributed by atoms with Crippen molar-refractivity contribution in [2.45, 2.75) is 45.8 Å². The molecule has 0 aliphatic rings. The van der Waals surface area contributed by atoms with Gasteiger partial charge in [-0.1, -0.05) is 6.92 Å². The van der Waals surface area contributed by atoms with Crippen molar-refractivity contribution in [3.05, 3.63) is 10.9 Å². The first kappa shape index (κ1) is 15.0. The lowest BCUT2D eigenvalue weighted by atomic mass is 9.99. The zero-order chi connectivity index (χ0) is 14.9. The first-order valence-corrected chi connectivity index (χ1v) is 7.63. The Bertz CT molecular complexity index is 606. The van der Waals surface area contributed by atoms with Gasteiger partial charge in [0, 0.05) is 11.9 Å². The summed E-state index contributed by atoms with van der Waals surface area (Å²) in [6, 6.07) is 2.12. The van der Waals surface area contributed by atoms with Gasteiger partial charge in [0.15, 0.2) is 0 Å². The highest BCUT2D eigenvalue weighted by atomic mass is 32.1. The van der Waals surface area contributed by atoms with Crippen molar-refractivity contribution < 1.29 is 5.11 Å². The van der Waals surface area contributed by atoms with Crippen LogP contribution in [-0.4, -0.2) is 33.8 Å². The Kier molecular flexibility index (Phi) is 4.15. The molecular weight excluding hydrogens is 272 g/mol. The highest BCUT2D eigenvalue weighted by Gasteiger charge is 2.25. The first-order valence-electron chi connectivity index (χ1n) is 6.81. The number of hydrogen-bond acceptors (Lipinski definition) is 6. The van der Waals surface area contributed by atoms with E-state index in [-0.39, 0.29) is 0 Å². The molecule has 0 aromatic carbocycles. The monoisotopic (exact) mass is 294 g/mol. The van der Waals surface area contributed by atoms with Crippen molar-refractivity contribution >= 4 is 33.3 Å². The highest BCUT2D eigenvalue weighted by Crippen LogP contribution is 2.32. The number of nitrogens with one attached hydrogen (secondary N) is 2. The van der Waals surface area contributed by atoms with Gasteiger partial charge in [-0.15, -0.1) is 11.3 Å². The molecule has 20 heavy (non-hydrogen) atoms. The summed E-state index contributed by atoms with van der Waals surface area (Å²) < 4.78 is 0. The zero-order valence-electron chi connectivity index (χ0n) is 12.6. The Balaban J connectivity index is 2.52. The first-order chi connectivity index (χ1) is 9.37. The van der Waals surface area contributed by atoms with Crippen molar-refractivity contribution in [2.75, 3.05) is 17.7 Å². The number of nitrogens with zero attached hydrogens (tertiary/aromatic N) is 2. The minimum Gasteiger partial charge on any atom is -0.391 e. The molecule has 0 radical (unpaired) electrons. The van der Waals surface area contributed by atoms with Gasteiger partial charge in [0.2, 0.25) is 5.95 Å². The van der Waals surface area contributed by atoms with E-state index in [0.29, 0.717) is 5.95 Å². The van der Waals surface area contributed by atoms with Crippen LogP contribution in [0.15, 0.2) is 6.07 Å². The van der Waals surface area contributed by atoms with E-state index in [1.807, 2.05) is 13.8 Å². The molecule has 1 atom stereocenters. The van der Waals surface area contributed by atoms with E-state index in [1.165, 1.54) is 4.88 Å². The molecule has 6 heteroatoms. The molecule has 110 valence electrons. The number of fused-ring (bicyclic) bond motifs is 1. The number of aliphatic hydroxyl groups is 1. The smallest absolute Gasteiger partial charge is 0.225 e. The molecule has 2 aromatic rings. The fraction of sp³-hybridized carbons (Fsp3) is 0.571. The quantitative estimate of drug-likeness (QED) is 0.791. The molecule has 0 amide bonds. The van der Waals surface area contributed by atoms with Crippen LogP contribution in [0.25, 0.3) is 10.2 Å². The van der Waals surface area contributed by atoms with Crippen molar-refractivity contribution in [1.29, 1.82) is 0 Å². The van der Waals surface area contributed by atoms with Gasteiger partial charge in [0.05, 0.1) is 17.0 Å². The van der Waals surface area contributed by atoms with Gasteiger partial charge < -0.3 is 15.7 Å². The Labute approximate surface area is 123 Å². The molecule has 1 unspecified atom stereocenters. The van der Waals surface area contributed by atoms with E-state index in [1.54, 1.807) is 25.3 Å². The molecule has 3 N–H and O–H groups in total.